The molecule has 1 N–H and O–H groups in total. The molecule has 2 aromatic rings. The second-order valence-electron chi connectivity index (χ2n) is 3.30. The fraction of sp³-hybridized carbons (Fsp3) is 0. The smallest absolute Gasteiger partial charge is 0.125 e. The summed E-state index contributed by atoms with van der Waals surface area (Å²) in [5.74, 6) is -0.686. The van der Waals surface area contributed by atoms with Crippen molar-refractivity contribution in [1.29, 1.82) is 0 Å². The largest absolute Gasteiger partial charge is 0.260 e. The van der Waals surface area contributed by atoms with Crippen LogP contribution in [-0.2, 0) is 0 Å². The van der Waals surface area contributed by atoms with Crippen LogP contribution < -0.4 is 5.43 Å². The third-order valence-electron chi connectivity index (χ3n) is 2.00. The summed E-state index contributed by atoms with van der Waals surface area (Å²) in [6.45, 7) is 0. The monoisotopic (exact) mass is 233 g/mol. The van der Waals surface area contributed by atoms with E-state index in [9.17, 15) is 8.78 Å². The molecule has 0 atom stereocenters. The Morgan fingerprint density at radius 3 is 2.35 bits per heavy atom. The van der Waals surface area contributed by atoms with Gasteiger partial charge in [-0.2, -0.15) is 0 Å². The second kappa shape index (κ2) is 5.16. The third kappa shape index (κ3) is 3.34. The first kappa shape index (κ1) is 11.2. The highest BCUT2D eigenvalue weighted by Gasteiger charge is 1.93. The minimum atomic E-state index is -0.355. The normalized spacial score (nSPS) is 10.7. The molecule has 0 aromatic heterocycles. The molecule has 3 nitrogen and oxygen atoms in total. The van der Waals surface area contributed by atoms with Crippen molar-refractivity contribution in [1.82, 2.24) is 0 Å². The number of nitrogens with one attached hydrogen (secondary N) is 1. The van der Waals surface area contributed by atoms with E-state index in [2.05, 4.69) is 15.8 Å². The second-order valence-corrected chi connectivity index (χ2v) is 3.30. The van der Waals surface area contributed by atoms with E-state index in [1.54, 1.807) is 12.1 Å². The van der Waals surface area contributed by atoms with Crippen LogP contribution in [0.25, 0.3) is 0 Å². The van der Waals surface area contributed by atoms with Gasteiger partial charge in [-0.15, -0.1) is 5.11 Å². The molecule has 0 amide bonds. The van der Waals surface area contributed by atoms with Crippen molar-refractivity contribution in [2.45, 2.75) is 0 Å². The standard InChI is InChI=1S/C12H9F2N3/c13-9-4-6-11(7-5-9)15-17-16-12-3-1-2-10(14)8-12/h1-8H,(H,15,16). The van der Waals surface area contributed by atoms with E-state index in [0.717, 1.165) is 0 Å². The Morgan fingerprint density at radius 1 is 0.882 bits per heavy atom. The van der Waals surface area contributed by atoms with Crippen LogP contribution in [0.1, 0.15) is 0 Å². The van der Waals surface area contributed by atoms with Gasteiger partial charge in [0.25, 0.3) is 0 Å². The molecule has 5 heteroatoms. The van der Waals surface area contributed by atoms with E-state index in [0.29, 0.717) is 11.4 Å². The first-order valence-corrected chi connectivity index (χ1v) is 4.92. The van der Waals surface area contributed by atoms with Gasteiger partial charge in [-0.3, -0.25) is 5.43 Å². The maximum absolute atomic E-state index is 12.8. The Kier molecular flexibility index (Phi) is 3.40. The number of hydrogen-bond acceptors (Lipinski definition) is 2. The predicted molar refractivity (Wildman–Crippen MR) is 60.9 cm³/mol. The van der Waals surface area contributed by atoms with Crippen LogP contribution >= 0.6 is 0 Å². The molecular weight excluding hydrogens is 224 g/mol. The first-order valence-electron chi connectivity index (χ1n) is 4.92. The number of halogens is 2. The van der Waals surface area contributed by atoms with Crippen LogP contribution in [0.3, 0.4) is 0 Å². The molecule has 0 saturated carbocycles. The van der Waals surface area contributed by atoms with Crippen molar-refractivity contribution in [2.24, 2.45) is 10.3 Å². The Bertz CT molecular complexity index is 524. The van der Waals surface area contributed by atoms with Crippen LogP contribution in [0.4, 0.5) is 20.2 Å². The maximum atomic E-state index is 12.8. The zero-order chi connectivity index (χ0) is 12.1. The van der Waals surface area contributed by atoms with Gasteiger partial charge in [0.15, 0.2) is 0 Å². The molecule has 0 heterocycles. The summed E-state index contributed by atoms with van der Waals surface area (Å²) in [5, 5.41) is 7.47. The van der Waals surface area contributed by atoms with Crippen molar-refractivity contribution in [3.8, 4) is 0 Å². The van der Waals surface area contributed by atoms with Gasteiger partial charge in [0.1, 0.15) is 11.6 Å². The molecule has 0 radical (unpaired) electrons. The Labute approximate surface area is 96.8 Å². The molecular formula is C12H9F2N3. The van der Waals surface area contributed by atoms with Crippen LogP contribution in [0, 0.1) is 11.6 Å². The highest BCUT2D eigenvalue weighted by molar-refractivity contribution is 5.42. The van der Waals surface area contributed by atoms with Crippen LogP contribution in [0.5, 0.6) is 0 Å². The molecule has 0 bridgehead atoms. The van der Waals surface area contributed by atoms with E-state index in [1.165, 1.54) is 36.4 Å². The average molecular weight is 233 g/mol. The zero-order valence-electron chi connectivity index (χ0n) is 8.77. The first-order chi connectivity index (χ1) is 8.24. The topological polar surface area (TPSA) is 36.8 Å². The predicted octanol–water partition coefficient (Wildman–Crippen LogP) is 4.08. The Hall–Kier alpha value is -2.30. The molecule has 0 spiro atoms. The van der Waals surface area contributed by atoms with Crippen LogP contribution in [-0.4, -0.2) is 0 Å². The molecule has 86 valence electrons. The summed E-state index contributed by atoms with van der Waals surface area (Å²) in [5.41, 5.74) is 3.58. The lowest BCUT2D eigenvalue weighted by Gasteiger charge is -1.98. The summed E-state index contributed by atoms with van der Waals surface area (Å²) in [4.78, 5) is 0. The molecule has 0 aliphatic heterocycles. The number of rotatable bonds is 3. The fourth-order valence-corrected chi connectivity index (χ4v) is 1.21. The van der Waals surface area contributed by atoms with E-state index < -0.39 is 0 Å². The van der Waals surface area contributed by atoms with E-state index >= 15 is 0 Å². The number of hydrogen-bond donors (Lipinski definition) is 1. The van der Waals surface area contributed by atoms with Crippen molar-refractivity contribution >= 4 is 11.4 Å². The average Bonchev–Trinajstić information content (AvgIpc) is 2.32. The molecule has 2 aromatic carbocycles. The summed E-state index contributed by atoms with van der Waals surface area (Å²) >= 11 is 0. The Morgan fingerprint density at radius 2 is 1.65 bits per heavy atom. The molecule has 0 saturated heterocycles. The van der Waals surface area contributed by atoms with Gasteiger partial charge in [0.2, 0.25) is 0 Å². The van der Waals surface area contributed by atoms with Crippen LogP contribution in [0.15, 0.2) is 58.9 Å². The van der Waals surface area contributed by atoms with Crippen molar-refractivity contribution in [2.75, 3.05) is 5.43 Å². The zero-order valence-corrected chi connectivity index (χ0v) is 8.77. The lowest BCUT2D eigenvalue weighted by atomic mass is 10.3. The summed E-state index contributed by atoms with van der Waals surface area (Å²) < 4.78 is 25.4. The number of benzene rings is 2. The SMILES string of the molecule is Fc1ccc(N=NNc2cccc(F)c2)cc1. The molecule has 0 fully saturated rings. The molecule has 17 heavy (non-hydrogen) atoms. The highest BCUT2D eigenvalue weighted by Crippen LogP contribution is 2.14. The summed E-state index contributed by atoms with van der Waals surface area (Å²) in [7, 11) is 0. The highest BCUT2D eigenvalue weighted by atomic mass is 19.1. The maximum Gasteiger partial charge on any atom is 0.125 e. The van der Waals surface area contributed by atoms with Crippen molar-refractivity contribution in [3.05, 3.63) is 60.2 Å². The molecule has 0 aliphatic rings. The number of nitrogens with zero attached hydrogens (tertiary/aromatic N) is 2. The van der Waals surface area contributed by atoms with Gasteiger partial charge in [-0.1, -0.05) is 11.3 Å². The van der Waals surface area contributed by atoms with Gasteiger partial charge in [-0.25, -0.2) is 8.78 Å². The minimum Gasteiger partial charge on any atom is -0.260 e. The van der Waals surface area contributed by atoms with Gasteiger partial charge in [0, 0.05) is 0 Å². The third-order valence-corrected chi connectivity index (χ3v) is 2.00. The van der Waals surface area contributed by atoms with Gasteiger partial charge in [0.05, 0.1) is 11.4 Å². The quantitative estimate of drug-likeness (QED) is 0.629. The lowest BCUT2D eigenvalue weighted by molar-refractivity contribution is 0.627. The minimum absolute atomic E-state index is 0.331. The van der Waals surface area contributed by atoms with E-state index in [-0.39, 0.29) is 11.6 Å². The van der Waals surface area contributed by atoms with Crippen molar-refractivity contribution in [3.63, 3.8) is 0 Å². The molecule has 2 rings (SSSR count). The van der Waals surface area contributed by atoms with Gasteiger partial charge >= 0.3 is 0 Å². The Balaban J connectivity index is 2.00. The lowest BCUT2D eigenvalue weighted by Crippen LogP contribution is -1.86. The van der Waals surface area contributed by atoms with E-state index in [4.69, 9.17) is 0 Å². The summed E-state index contributed by atoms with van der Waals surface area (Å²) in [6.07, 6.45) is 0. The number of anilines is 1. The van der Waals surface area contributed by atoms with Gasteiger partial charge in [-0.05, 0) is 42.5 Å². The summed E-state index contributed by atoms with van der Waals surface area (Å²) in [6, 6.07) is 11.4. The molecule has 0 aliphatic carbocycles. The van der Waals surface area contributed by atoms with Crippen LogP contribution in [0.2, 0.25) is 0 Å². The van der Waals surface area contributed by atoms with E-state index in [1.807, 2.05) is 0 Å². The molecule has 0 unspecified atom stereocenters. The van der Waals surface area contributed by atoms with Crippen molar-refractivity contribution < 1.29 is 8.78 Å². The fourth-order valence-electron chi connectivity index (χ4n) is 1.21. The van der Waals surface area contributed by atoms with Gasteiger partial charge < -0.3 is 0 Å².